The third kappa shape index (κ3) is 3.64. The Morgan fingerprint density at radius 3 is 2.73 bits per heavy atom. The molecule has 7 heteroatoms. The average molecular weight is 332 g/mol. The Morgan fingerprint density at radius 1 is 1.23 bits per heavy atom. The second kappa shape index (κ2) is 6.73. The summed E-state index contributed by atoms with van der Waals surface area (Å²) in [7, 11) is -3.18. The van der Waals surface area contributed by atoms with Crippen molar-refractivity contribution in [3.63, 3.8) is 0 Å². The molecule has 0 unspecified atom stereocenters. The van der Waals surface area contributed by atoms with Crippen LogP contribution >= 0.6 is 0 Å². The van der Waals surface area contributed by atoms with Gasteiger partial charge in [-0.15, -0.1) is 0 Å². The zero-order valence-electron chi connectivity index (χ0n) is 13.5. The van der Waals surface area contributed by atoms with Crippen molar-refractivity contribution in [3.8, 4) is 0 Å². The van der Waals surface area contributed by atoms with E-state index in [1.807, 2.05) is 0 Å². The molecule has 3 heterocycles. The molecule has 3 rings (SSSR count). The average Bonchev–Trinajstić information content (AvgIpc) is 3.07. The summed E-state index contributed by atoms with van der Waals surface area (Å²) in [5, 5.41) is 0. The smallest absolute Gasteiger partial charge is 0.214 e. The first-order chi connectivity index (χ1) is 10.5. The summed E-state index contributed by atoms with van der Waals surface area (Å²) in [6, 6.07) is 0. The van der Waals surface area contributed by atoms with E-state index in [1.54, 1.807) is 11.2 Å². The van der Waals surface area contributed by atoms with Gasteiger partial charge in [0.05, 0.1) is 25.6 Å². The first-order valence-electron chi connectivity index (χ1n) is 8.45. The largest absolute Gasteiger partial charge is 0.377 e. The molecule has 3 aliphatic rings. The Hall–Kier alpha value is -0.210. The van der Waals surface area contributed by atoms with Crippen molar-refractivity contribution in [2.45, 2.75) is 31.8 Å². The number of hydrogen-bond acceptors (Lipinski definition) is 5. The molecule has 0 aromatic carbocycles. The lowest BCUT2D eigenvalue weighted by Crippen LogP contribution is -2.46. The second-order valence-electron chi connectivity index (χ2n) is 6.86. The van der Waals surface area contributed by atoms with Gasteiger partial charge in [-0.05, 0) is 45.2 Å². The van der Waals surface area contributed by atoms with Gasteiger partial charge in [-0.2, -0.15) is 4.31 Å². The van der Waals surface area contributed by atoms with Crippen LogP contribution in [0.25, 0.3) is 0 Å². The molecule has 0 bridgehead atoms. The Labute approximate surface area is 133 Å². The van der Waals surface area contributed by atoms with E-state index in [2.05, 4.69) is 4.90 Å². The molecule has 22 heavy (non-hydrogen) atoms. The predicted molar refractivity (Wildman–Crippen MR) is 84.3 cm³/mol. The van der Waals surface area contributed by atoms with Crippen LogP contribution in [0.2, 0.25) is 0 Å². The predicted octanol–water partition coefficient (Wildman–Crippen LogP) is 0.539. The summed E-state index contributed by atoms with van der Waals surface area (Å²) in [6.45, 7) is 7.73. The van der Waals surface area contributed by atoms with Gasteiger partial charge >= 0.3 is 0 Å². The molecule has 128 valence electrons. The summed E-state index contributed by atoms with van der Waals surface area (Å²) >= 11 is 0. The van der Waals surface area contributed by atoms with Gasteiger partial charge in [0.15, 0.2) is 0 Å². The van der Waals surface area contributed by atoms with Gasteiger partial charge < -0.3 is 14.4 Å². The molecule has 0 aromatic rings. The van der Waals surface area contributed by atoms with E-state index in [4.69, 9.17) is 9.47 Å². The van der Waals surface area contributed by atoms with Gasteiger partial charge in [-0.3, -0.25) is 0 Å². The van der Waals surface area contributed by atoms with Crippen LogP contribution in [-0.2, 0) is 19.5 Å². The normalized spacial score (nSPS) is 35.2. The monoisotopic (exact) mass is 332 g/mol. The fraction of sp³-hybridized carbons (Fsp3) is 1.00. The van der Waals surface area contributed by atoms with Crippen LogP contribution < -0.4 is 0 Å². The van der Waals surface area contributed by atoms with Crippen LogP contribution in [0, 0.1) is 5.92 Å². The zero-order chi connectivity index (χ0) is 15.6. The molecule has 3 fully saturated rings. The minimum absolute atomic E-state index is 0.139. The molecule has 0 radical (unpaired) electrons. The first-order valence-corrected chi connectivity index (χ1v) is 10.1. The summed E-state index contributed by atoms with van der Waals surface area (Å²) in [5.74, 6) is 0.631. The highest BCUT2D eigenvalue weighted by atomic mass is 32.2. The van der Waals surface area contributed by atoms with E-state index in [1.165, 1.54) is 25.9 Å². The van der Waals surface area contributed by atoms with Crippen molar-refractivity contribution in [2.24, 2.45) is 5.92 Å². The molecule has 6 nitrogen and oxygen atoms in total. The molecule has 0 aromatic heterocycles. The van der Waals surface area contributed by atoms with Crippen molar-refractivity contribution < 1.29 is 17.9 Å². The lowest BCUT2D eigenvalue weighted by atomic mass is 9.94. The number of rotatable bonds is 4. The third-order valence-corrected chi connectivity index (χ3v) is 6.90. The molecular weight excluding hydrogens is 304 g/mol. The van der Waals surface area contributed by atoms with Gasteiger partial charge in [-0.25, -0.2) is 8.42 Å². The van der Waals surface area contributed by atoms with E-state index in [-0.39, 0.29) is 5.75 Å². The Morgan fingerprint density at radius 2 is 2.00 bits per heavy atom. The fourth-order valence-corrected chi connectivity index (χ4v) is 5.04. The minimum atomic E-state index is -3.18. The summed E-state index contributed by atoms with van der Waals surface area (Å²) < 4.78 is 37.8. The topological polar surface area (TPSA) is 59.1 Å². The Bertz CT molecular complexity index is 478. The van der Waals surface area contributed by atoms with Gasteiger partial charge in [0.2, 0.25) is 10.0 Å². The van der Waals surface area contributed by atoms with E-state index in [9.17, 15) is 8.42 Å². The molecule has 3 saturated heterocycles. The van der Waals surface area contributed by atoms with Crippen LogP contribution in [0.15, 0.2) is 0 Å². The van der Waals surface area contributed by atoms with E-state index >= 15 is 0 Å². The number of likely N-dealkylation sites (tertiary alicyclic amines) is 1. The number of hydrogen-bond donors (Lipinski definition) is 0. The molecule has 2 atom stereocenters. The minimum Gasteiger partial charge on any atom is -0.377 e. The van der Waals surface area contributed by atoms with Crippen molar-refractivity contribution in [2.75, 3.05) is 58.3 Å². The van der Waals surface area contributed by atoms with Crippen LogP contribution in [-0.4, -0.2) is 81.5 Å². The lowest BCUT2D eigenvalue weighted by molar-refractivity contribution is -0.0512. The van der Waals surface area contributed by atoms with Crippen LogP contribution in [0.4, 0.5) is 0 Å². The SMILES string of the molecule is CCS(=O)(=O)N1CCOC[C@]2(C[C@H](CN3CCCC3)CO2)C1. The molecular formula is C15H28N2O4S. The van der Waals surface area contributed by atoms with E-state index < -0.39 is 15.6 Å². The maximum atomic E-state index is 12.2. The molecule has 3 aliphatic heterocycles. The Balaban J connectivity index is 1.64. The molecule has 0 amide bonds. The van der Waals surface area contributed by atoms with Crippen molar-refractivity contribution in [3.05, 3.63) is 0 Å². The highest BCUT2D eigenvalue weighted by Crippen LogP contribution is 2.34. The zero-order valence-corrected chi connectivity index (χ0v) is 14.3. The van der Waals surface area contributed by atoms with Crippen molar-refractivity contribution >= 4 is 10.0 Å². The van der Waals surface area contributed by atoms with Crippen molar-refractivity contribution in [1.29, 1.82) is 0 Å². The van der Waals surface area contributed by atoms with Crippen molar-refractivity contribution in [1.82, 2.24) is 9.21 Å². The standard InChI is InChI=1S/C15H28N2O4S/c1-2-22(18,19)17-7-8-20-13-15(12-17)9-14(11-21-15)10-16-5-3-4-6-16/h14H,2-13H2,1H3/t14-,15+/m1/s1. The van der Waals surface area contributed by atoms with Crippen LogP contribution in [0.3, 0.4) is 0 Å². The molecule has 1 spiro atoms. The third-order valence-electron chi connectivity index (χ3n) is 5.07. The second-order valence-corrected chi connectivity index (χ2v) is 9.12. The lowest BCUT2D eigenvalue weighted by Gasteiger charge is -2.30. The quantitative estimate of drug-likeness (QED) is 0.752. The van der Waals surface area contributed by atoms with Gasteiger partial charge in [0, 0.05) is 19.6 Å². The summed E-state index contributed by atoms with van der Waals surface area (Å²) in [5.41, 5.74) is -0.441. The summed E-state index contributed by atoms with van der Waals surface area (Å²) in [4.78, 5) is 2.51. The molecule has 0 aliphatic carbocycles. The van der Waals surface area contributed by atoms with Gasteiger partial charge in [-0.1, -0.05) is 0 Å². The Kier molecular flexibility index (Phi) is 5.09. The van der Waals surface area contributed by atoms with Gasteiger partial charge in [0.25, 0.3) is 0 Å². The number of ether oxygens (including phenoxy) is 2. The highest BCUT2D eigenvalue weighted by Gasteiger charge is 2.45. The van der Waals surface area contributed by atoms with Crippen LogP contribution in [0.1, 0.15) is 26.2 Å². The highest BCUT2D eigenvalue weighted by molar-refractivity contribution is 7.89. The number of sulfonamides is 1. The van der Waals surface area contributed by atoms with Crippen LogP contribution in [0.5, 0.6) is 0 Å². The maximum Gasteiger partial charge on any atom is 0.214 e. The molecule has 0 N–H and O–H groups in total. The van der Waals surface area contributed by atoms with Gasteiger partial charge in [0.1, 0.15) is 5.60 Å². The van der Waals surface area contributed by atoms with E-state index in [0.717, 1.165) is 19.6 Å². The molecule has 0 saturated carbocycles. The fourth-order valence-electron chi connectivity index (χ4n) is 3.89. The van der Waals surface area contributed by atoms with E-state index in [0.29, 0.717) is 32.2 Å². The maximum absolute atomic E-state index is 12.2. The summed E-state index contributed by atoms with van der Waals surface area (Å²) in [6.07, 6.45) is 3.49. The number of nitrogens with zero attached hydrogens (tertiary/aromatic N) is 2. The first kappa shape index (κ1) is 16.6.